The van der Waals surface area contributed by atoms with Crippen LogP contribution in [0.5, 0.6) is 0 Å². The summed E-state index contributed by atoms with van der Waals surface area (Å²) in [5.41, 5.74) is 5.07. The van der Waals surface area contributed by atoms with E-state index in [1.165, 1.54) is 103 Å². The van der Waals surface area contributed by atoms with Gasteiger partial charge >= 0.3 is 11.9 Å². The maximum Gasteiger partial charge on any atom is 0.338 e. The Balaban J connectivity index is 1.70. The SMILES string of the molecule is CCCCCCCCCCCCOC(=O)c1cc(Br)cc(C#Cc2cc(C#Cc3cc(Br)cc(C(=O)OCCCCCCCCCCCC)c3)cc(CCO[Si](C)(C)C(C)(C)C)c2)c1. The van der Waals surface area contributed by atoms with Crippen molar-refractivity contribution < 1.29 is 23.5 Å². The number of benzene rings is 3. The van der Waals surface area contributed by atoms with Crippen molar-refractivity contribution in [1.82, 2.24) is 0 Å². The van der Waals surface area contributed by atoms with Crippen LogP contribution in [0.4, 0.5) is 0 Å². The molecular formula is C56H78Br2O5Si. The predicted octanol–water partition coefficient (Wildman–Crippen LogP) is 16.7. The molecule has 0 unspecified atom stereocenters. The normalized spacial score (nSPS) is 11.4. The van der Waals surface area contributed by atoms with Crippen LogP contribution in [0.1, 0.15) is 212 Å². The second-order valence-electron chi connectivity index (χ2n) is 18.9. The van der Waals surface area contributed by atoms with E-state index in [-0.39, 0.29) is 17.0 Å². The number of halogens is 2. The lowest BCUT2D eigenvalue weighted by atomic mass is 10.0. The molecule has 64 heavy (non-hydrogen) atoms. The molecule has 3 rings (SSSR count). The zero-order valence-corrected chi connectivity index (χ0v) is 44.6. The van der Waals surface area contributed by atoms with E-state index in [4.69, 9.17) is 13.9 Å². The highest BCUT2D eigenvalue weighted by molar-refractivity contribution is 9.10. The zero-order valence-electron chi connectivity index (χ0n) is 40.5. The number of carbonyl (C=O) groups is 2. The first-order valence-electron chi connectivity index (χ1n) is 24.5. The van der Waals surface area contributed by atoms with E-state index < -0.39 is 8.32 Å². The van der Waals surface area contributed by atoms with Gasteiger partial charge in [0.05, 0.1) is 24.3 Å². The highest BCUT2D eigenvalue weighted by Gasteiger charge is 2.36. The first kappa shape index (κ1) is 55.2. The van der Waals surface area contributed by atoms with Crippen molar-refractivity contribution in [2.24, 2.45) is 0 Å². The molecule has 0 heterocycles. The minimum absolute atomic E-state index is 0.112. The van der Waals surface area contributed by atoms with Crippen molar-refractivity contribution >= 4 is 52.1 Å². The fourth-order valence-electron chi connectivity index (χ4n) is 7.14. The van der Waals surface area contributed by atoms with Gasteiger partial charge in [-0.3, -0.25) is 0 Å². The van der Waals surface area contributed by atoms with Crippen LogP contribution in [0.3, 0.4) is 0 Å². The zero-order chi connectivity index (χ0) is 46.6. The molecule has 3 aromatic rings. The van der Waals surface area contributed by atoms with Crippen LogP contribution in [0, 0.1) is 23.7 Å². The molecule has 0 saturated carbocycles. The molecular weight excluding hydrogens is 941 g/mol. The van der Waals surface area contributed by atoms with Gasteiger partial charge in [0, 0.05) is 37.8 Å². The van der Waals surface area contributed by atoms with E-state index in [2.05, 4.69) is 115 Å². The number of hydrogen-bond acceptors (Lipinski definition) is 5. The Hall–Kier alpha value is -3.14. The summed E-state index contributed by atoms with van der Waals surface area (Å²) in [5.74, 6) is 12.6. The molecule has 0 aliphatic carbocycles. The third-order valence-electron chi connectivity index (χ3n) is 12.1. The van der Waals surface area contributed by atoms with Crippen LogP contribution in [-0.2, 0) is 20.3 Å². The van der Waals surface area contributed by atoms with Crippen LogP contribution >= 0.6 is 31.9 Å². The van der Waals surface area contributed by atoms with Crippen LogP contribution in [-0.4, -0.2) is 40.1 Å². The smallest absolute Gasteiger partial charge is 0.338 e. The standard InChI is InChI=1S/C56H78Br2O5Si/c1-8-10-12-14-16-18-20-22-24-26-33-61-54(59)50-39-47(41-52(57)43-50)30-28-45-36-46(38-49(37-45)32-35-63-64(6,7)56(3,4)5)29-31-48-40-51(44-53(58)42-48)55(60)62-34-27-25-23-21-19-17-15-13-11-9-2/h36-44H,8-27,32-35H2,1-7H3. The Labute approximate surface area is 406 Å². The Morgan fingerprint density at radius 3 is 1.19 bits per heavy atom. The lowest BCUT2D eigenvalue weighted by Crippen LogP contribution is -2.41. The minimum atomic E-state index is -1.93. The molecule has 0 spiro atoms. The van der Waals surface area contributed by atoms with Crippen molar-refractivity contribution in [2.45, 2.75) is 188 Å². The van der Waals surface area contributed by atoms with Crippen molar-refractivity contribution in [1.29, 1.82) is 0 Å². The second-order valence-corrected chi connectivity index (χ2v) is 25.5. The largest absolute Gasteiger partial charge is 0.462 e. The van der Waals surface area contributed by atoms with E-state index in [0.29, 0.717) is 48.5 Å². The molecule has 0 fully saturated rings. The quantitative estimate of drug-likeness (QED) is 0.0314. The molecule has 350 valence electrons. The molecule has 0 aliphatic rings. The second kappa shape index (κ2) is 30.9. The molecule has 5 nitrogen and oxygen atoms in total. The number of rotatable bonds is 28. The number of hydrogen-bond donors (Lipinski definition) is 0. The first-order valence-corrected chi connectivity index (χ1v) is 29.0. The fraction of sp³-hybridized carbons (Fsp3) is 0.571. The number of carbonyl (C=O) groups excluding carboxylic acids is 2. The van der Waals surface area contributed by atoms with Crippen LogP contribution < -0.4 is 0 Å². The van der Waals surface area contributed by atoms with Gasteiger partial charge in [-0.2, -0.15) is 0 Å². The molecule has 0 N–H and O–H groups in total. The number of ether oxygens (including phenoxy) is 2. The van der Waals surface area contributed by atoms with Crippen molar-refractivity contribution in [3.63, 3.8) is 0 Å². The summed E-state index contributed by atoms with van der Waals surface area (Å²) in [6, 6.07) is 17.2. The average Bonchev–Trinajstić information content (AvgIpc) is 3.25. The molecule has 3 aromatic carbocycles. The number of unbranched alkanes of at least 4 members (excludes halogenated alkanes) is 18. The van der Waals surface area contributed by atoms with E-state index in [9.17, 15) is 9.59 Å². The average molecular weight is 1020 g/mol. The highest BCUT2D eigenvalue weighted by atomic mass is 79.9. The van der Waals surface area contributed by atoms with Gasteiger partial charge in [-0.1, -0.05) is 206 Å². The van der Waals surface area contributed by atoms with Gasteiger partial charge in [-0.15, -0.1) is 0 Å². The van der Waals surface area contributed by atoms with Crippen molar-refractivity contribution in [3.8, 4) is 23.7 Å². The van der Waals surface area contributed by atoms with Crippen molar-refractivity contribution in [3.05, 3.63) is 102 Å². The minimum Gasteiger partial charge on any atom is -0.462 e. The van der Waals surface area contributed by atoms with Crippen molar-refractivity contribution in [2.75, 3.05) is 19.8 Å². The fourth-order valence-corrected chi connectivity index (χ4v) is 9.18. The van der Waals surface area contributed by atoms with Gasteiger partial charge in [0.1, 0.15) is 0 Å². The van der Waals surface area contributed by atoms with Gasteiger partial charge in [0.15, 0.2) is 8.32 Å². The molecule has 0 bridgehead atoms. The Kier molecular flexibility index (Phi) is 26.7. The summed E-state index contributed by atoms with van der Waals surface area (Å²) in [7, 11) is -1.93. The summed E-state index contributed by atoms with van der Waals surface area (Å²) >= 11 is 7.17. The third kappa shape index (κ3) is 22.8. The molecule has 0 aliphatic heterocycles. The third-order valence-corrected chi connectivity index (χ3v) is 17.5. The van der Waals surface area contributed by atoms with Crippen LogP contribution in [0.2, 0.25) is 18.1 Å². The Bertz CT molecular complexity index is 1870. The van der Waals surface area contributed by atoms with E-state index in [0.717, 1.165) is 51.3 Å². The molecule has 0 saturated heterocycles. The van der Waals surface area contributed by atoms with E-state index in [1.807, 2.05) is 18.2 Å². The summed E-state index contributed by atoms with van der Waals surface area (Å²) < 4.78 is 19.4. The van der Waals surface area contributed by atoms with Crippen LogP contribution in [0.15, 0.2) is 63.5 Å². The summed E-state index contributed by atoms with van der Waals surface area (Å²) in [6.07, 6.45) is 25.3. The van der Waals surface area contributed by atoms with Gasteiger partial charge in [-0.25, -0.2) is 9.59 Å². The lowest BCUT2D eigenvalue weighted by Gasteiger charge is -2.36. The van der Waals surface area contributed by atoms with Crippen LogP contribution in [0.25, 0.3) is 0 Å². The lowest BCUT2D eigenvalue weighted by molar-refractivity contribution is 0.0488. The maximum atomic E-state index is 13.1. The highest BCUT2D eigenvalue weighted by Crippen LogP contribution is 2.36. The monoisotopic (exact) mass is 1020 g/mol. The summed E-state index contributed by atoms with van der Waals surface area (Å²) in [6.45, 7) is 17.2. The van der Waals surface area contributed by atoms with E-state index >= 15 is 0 Å². The van der Waals surface area contributed by atoms with Gasteiger partial charge in [0.25, 0.3) is 0 Å². The summed E-state index contributed by atoms with van der Waals surface area (Å²) in [4.78, 5) is 26.1. The predicted molar refractivity (Wildman–Crippen MR) is 278 cm³/mol. The molecule has 0 atom stereocenters. The van der Waals surface area contributed by atoms with E-state index in [1.54, 1.807) is 24.3 Å². The summed E-state index contributed by atoms with van der Waals surface area (Å²) in [5, 5.41) is 0.112. The maximum absolute atomic E-state index is 13.1. The molecule has 8 heteroatoms. The Morgan fingerprint density at radius 1 is 0.484 bits per heavy atom. The van der Waals surface area contributed by atoms with Gasteiger partial charge in [0.2, 0.25) is 0 Å². The Morgan fingerprint density at radius 2 is 0.828 bits per heavy atom. The molecule has 0 aromatic heterocycles. The van der Waals surface area contributed by atoms with Gasteiger partial charge in [-0.05, 0) is 97.6 Å². The number of esters is 2. The molecule has 0 amide bonds. The topological polar surface area (TPSA) is 61.8 Å². The first-order chi connectivity index (χ1) is 30.7. The van der Waals surface area contributed by atoms with Gasteiger partial charge < -0.3 is 13.9 Å². The molecule has 0 radical (unpaired) electrons.